The number of rotatable bonds is 4. The molecule has 41 valence electrons. The average Bonchev–Trinajstić information content (AvgIpc) is 1.69. The van der Waals surface area contributed by atoms with Crippen molar-refractivity contribution < 1.29 is 0 Å². The summed E-state index contributed by atoms with van der Waals surface area (Å²) in [5.74, 6) is 0. The van der Waals surface area contributed by atoms with Gasteiger partial charge in [0, 0.05) is 0 Å². The molecule has 0 saturated heterocycles. The average molecular weight is 98.2 g/mol. The molecule has 0 aliphatic heterocycles. The van der Waals surface area contributed by atoms with E-state index in [9.17, 15) is 0 Å². The summed E-state index contributed by atoms with van der Waals surface area (Å²) in [5.41, 5.74) is 0. The third kappa shape index (κ3) is 5.70. The van der Waals surface area contributed by atoms with Crippen LogP contribution in [0.4, 0.5) is 0 Å². The number of hydrogen-bond acceptors (Lipinski definition) is 1. The summed E-state index contributed by atoms with van der Waals surface area (Å²) < 4.78 is 0. The maximum atomic E-state index is 5.12. The second-order valence-corrected chi connectivity index (χ2v) is 1.48. The molecule has 7 heavy (non-hydrogen) atoms. The van der Waals surface area contributed by atoms with Gasteiger partial charge in [0.25, 0.3) is 0 Å². The quantitative estimate of drug-likeness (QED) is 0.517. The fourth-order valence-corrected chi connectivity index (χ4v) is 0.397. The molecule has 0 saturated carbocycles. The minimum atomic E-state index is 1.01. The van der Waals surface area contributed by atoms with Crippen LogP contribution >= 0.6 is 0 Å². The molecule has 1 N–H and O–H groups in total. The van der Waals surface area contributed by atoms with Crippen LogP contribution in [0.15, 0.2) is 6.08 Å². The van der Waals surface area contributed by atoms with E-state index >= 15 is 0 Å². The first-order valence-electron chi connectivity index (χ1n) is 2.60. The van der Waals surface area contributed by atoms with Gasteiger partial charge in [-0.15, -0.1) is 0 Å². The van der Waals surface area contributed by atoms with Gasteiger partial charge in [-0.2, -0.15) is 0 Å². The van der Waals surface area contributed by atoms with Crippen molar-refractivity contribution in [1.29, 1.82) is 0 Å². The lowest BCUT2D eigenvalue weighted by atomic mass is 10.3. The van der Waals surface area contributed by atoms with E-state index in [1.165, 1.54) is 0 Å². The van der Waals surface area contributed by atoms with Crippen LogP contribution in [-0.4, -0.2) is 13.6 Å². The molecule has 0 aromatic heterocycles. The number of nitrogens with one attached hydrogen (secondary N) is 1. The summed E-state index contributed by atoms with van der Waals surface area (Å²) in [6.07, 6.45) is 3.85. The van der Waals surface area contributed by atoms with E-state index in [4.69, 9.17) is 6.58 Å². The Labute approximate surface area is 45.4 Å². The van der Waals surface area contributed by atoms with Gasteiger partial charge in [0.15, 0.2) is 0 Å². The molecule has 1 nitrogen and oxygen atoms in total. The Hall–Kier alpha value is -0.300. The number of hydrogen-bond donors (Lipinski definition) is 1. The van der Waals surface area contributed by atoms with Crippen LogP contribution < -0.4 is 5.32 Å². The first-order chi connectivity index (χ1) is 3.41. The van der Waals surface area contributed by atoms with Crippen LogP contribution in [-0.2, 0) is 0 Å². The van der Waals surface area contributed by atoms with Crippen molar-refractivity contribution in [2.24, 2.45) is 0 Å². The Bertz CT molecular complexity index is 41.4. The second-order valence-electron chi connectivity index (χ2n) is 1.48. The molecule has 0 unspecified atom stereocenters. The lowest BCUT2D eigenvalue weighted by Gasteiger charge is -1.90. The predicted molar refractivity (Wildman–Crippen MR) is 32.0 cm³/mol. The Morgan fingerprint density at radius 1 is 1.71 bits per heavy atom. The van der Waals surface area contributed by atoms with Crippen molar-refractivity contribution in [3.8, 4) is 0 Å². The van der Waals surface area contributed by atoms with Crippen molar-refractivity contribution in [3.05, 3.63) is 12.7 Å². The lowest BCUT2D eigenvalue weighted by Crippen LogP contribution is -2.06. The van der Waals surface area contributed by atoms with Gasteiger partial charge in [-0.1, -0.05) is 12.7 Å². The van der Waals surface area contributed by atoms with Crippen molar-refractivity contribution in [1.82, 2.24) is 5.32 Å². The maximum Gasteiger partial charge on any atom is -0.00490 e. The molecular weight excluding hydrogens is 86.1 g/mol. The van der Waals surface area contributed by atoms with Gasteiger partial charge in [-0.3, -0.25) is 0 Å². The highest BCUT2D eigenvalue weighted by Crippen LogP contribution is 1.83. The van der Waals surface area contributed by atoms with E-state index < -0.39 is 0 Å². The van der Waals surface area contributed by atoms with Crippen LogP contribution in [0.25, 0.3) is 0 Å². The molecule has 0 spiro atoms. The van der Waals surface area contributed by atoms with E-state index in [1.54, 1.807) is 6.08 Å². The van der Waals surface area contributed by atoms with Crippen LogP contribution in [0.3, 0.4) is 0 Å². The standard InChI is InChI=1S/C6H12N/c1-3-4-5-6-7-2/h1,3,7H,4-6H2,2H3. The lowest BCUT2D eigenvalue weighted by molar-refractivity contribution is 0.735. The zero-order valence-corrected chi connectivity index (χ0v) is 4.78. The molecule has 0 bridgehead atoms. The molecule has 1 radical (unpaired) electrons. The zero-order chi connectivity index (χ0) is 5.54. The first-order valence-corrected chi connectivity index (χ1v) is 2.60. The van der Waals surface area contributed by atoms with Gasteiger partial charge < -0.3 is 5.32 Å². The van der Waals surface area contributed by atoms with E-state index in [2.05, 4.69) is 5.32 Å². The first kappa shape index (κ1) is 6.70. The largest absolute Gasteiger partial charge is 0.320 e. The molecule has 0 rings (SSSR count). The Morgan fingerprint density at radius 2 is 2.43 bits per heavy atom. The maximum absolute atomic E-state index is 5.12. The third-order valence-electron chi connectivity index (χ3n) is 0.798. The summed E-state index contributed by atoms with van der Waals surface area (Å²) >= 11 is 0. The van der Waals surface area contributed by atoms with E-state index in [0.717, 1.165) is 19.4 Å². The Kier molecular flexibility index (Phi) is 5.46. The highest BCUT2D eigenvalue weighted by Gasteiger charge is 1.75. The minimum absolute atomic E-state index is 1.01. The molecule has 0 aliphatic carbocycles. The summed E-state index contributed by atoms with van der Waals surface area (Å²) in [6.45, 7) is 6.18. The summed E-state index contributed by atoms with van der Waals surface area (Å²) in [7, 11) is 1.94. The smallest absolute Gasteiger partial charge is 0.00490 e. The van der Waals surface area contributed by atoms with Crippen molar-refractivity contribution in [3.63, 3.8) is 0 Å². The summed E-state index contributed by atoms with van der Waals surface area (Å²) in [4.78, 5) is 0. The Balaban J connectivity index is 2.56. The normalized spacial score (nSPS) is 8.71. The SMILES string of the molecule is [CH]=CCCCNC. The summed E-state index contributed by atoms with van der Waals surface area (Å²) in [6, 6.07) is 0. The fourth-order valence-electron chi connectivity index (χ4n) is 0.397. The fraction of sp³-hybridized carbons (Fsp3) is 0.667. The van der Waals surface area contributed by atoms with Crippen molar-refractivity contribution in [2.75, 3.05) is 13.6 Å². The topological polar surface area (TPSA) is 12.0 Å². The minimum Gasteiger partial charge on any atom is -0.320 e. The molecule has 0 amide bonds. The van der Waals surface area contributed by atoms with E-state index in [1.807, 2.05) is 7.05 Å². The highest BCUT2D eigenvalue weighted by molar-refractivity contribution is 4.61. The third-order valence-corrected chi connectivity index (χ3v) is 0.798. The summed E-state index contributed by atoms with van der Waals surface area (Å²) in [5, 5.41) is 3.03. The number of allylic oxidation sites excluding steroid dienone is 1. The van der Waals surface area contributed by atoms with Gasteiger partial charge in [-0.05, 0) is 26.4 Å². The zero-order valence-electron chi connectivity index (χ0n) is 4.78. The van der Waals surface area contributed by atoms with Crippen LogP contribution in [0.5, 0.6) is 0 Å². The van der Waals surface area contributed by atoms with Gasteiger partial charge in [0.1, 0.15) is 0 Å². The van der Waals surface area contributed by atoms with Gasteiger partial charge >= 0.3 is 0 Å². The Morgan fingerprint density at radius 3 is 2.86 bits per heavy atom. The van der Waals surface area contributed by atoms with Gasteiger partial charge in [-0.25, -0.2) is 0 Å². The van der Waals surface area contributed by atoms with Gasteiger partial charge in [0.2, 0.25) is 0 Å². The van der Waals surface area contributed by atoms with Crippen LogP contribution in [0, 0.1) is 6.58 Å². The van der Waals surface area contributed by atoms with E-state index in [-0.39, 0.29) is 0 Å². The highest BCUT2D eigenvalue weighted by atomic mass is 14.8. The van der Waals surface area contributed by atoms with E-state index in [0.29, 0.717) is 0 Å². The van der Waals surface area contributed by atoms with Crippen LogP contribution in [0.2, 0.25) is 0 Å². The number of unbranched alkanes of at least 4 members (excludes halogenated alkanes) is 1. The molecule has 0 heterocycles. The van der Waals surface area contributed by atoms with Gasteiger partial charge in [0.05, 0.1) is 0 Å². The molecule has 0 aromatic rings. The second kappa shape index (κ2) is 5.70. The molecule has 0 aliphatic rings. The molecule has 0 atom stereocenters. The predicted octanol–water partition coefficient (Wildman–Crippen LogP) is 0.975. The molecule has 0 fully saturated rings. The van der Waals surface area contributed by atoms with Crippen molar-refractivity contribution >= 4 is 0 Å². The molecule has 0 aromatic carbocycles. The molecule has 1 heteroatoms. The van der Waals surface area contributed by atoms with Crippen molar-refractivity contribution in [2.45, 2.75) is 12.8 Å². The monoisotopic (exact) mass is 98.1 g/mol. The van der Waals surface area contributed by atoms with Crippen LogP contribution in [0.1, 0.15) is 12.8 Å². The molecular formula is C6H12N.